The maximum Gasteiger partial charge on any atom is 0.239 e. The van der Waals surface area contributed by atoms with Crippen LogP contribution in [-0.2, 0) is 11.8 Å². The molecule has 0 spiro atoms. The Bertz CT molecular complexity index is 308. The predicted octanol–water partition coefficient (Wildman–Crippen LogP) is 0.895. The molecule has 1 N–H and O–H groups in total. The van der Waals surface area contributed by atoms with Crippen LogP contribution in [0.3, 0.4) is 0 Å². The molecule has 0 radical (unpaired) electrons. The van der Waals surface area contributed by atoms with Crippen LogP contribution >= 0.6 is 11.8 Å². The number of aryl methyl sites for hydroxylation is 1. The molecule has 0 saturated heterocycles. The van der Waals surface area contributed by atoms with Crippen molar-refractivity contribution in [1.29, 1.82) is 0 Å². The molecule has 6 heteroatoms. The van der Waals surface area contributed by atoms with E-state index in [2.05, 4.69) is 15.5 Å². The zero-order chi connectivity index (χ0) is 10.6. The third-order valence-electron chi connectivity index (χ3n) is 1.89. The number of nitrogens with zero attached hydrogens (tertiary/aromatic N) is 3. The van der Waals surface area contributed by atoms with Crippen molar-refractivity contribution in [2.45, 2.75) is 18.6 Å². The van der Waals surface area contributed by atoms with Gasteiger partial charge in [-0.25, -0.2) is 0 Å². The Morgan fingerprint density at radius 1 is 1.79 bits per heavy atom. The van der Waals surface area contributed by atoms with E-state index in [4.69, 9.17) is 0 Å². The molecule has 0 fully saturated rings. The van der Waals surface area contributed by atoms with Gasteiger partial charge >= 0.3 is 0 Å². The van der Waals surface area contributed by atoms with Crippen molar-refractivity contribution in [1.82, 2.24) is 14.8 Å². The minimum absolute atomic E-state index is 0.0175. The molecule has 0 saturated carbocycles. The molecule has 0 aliphatic heterocycles. The highest BCUT2D eigenvalue weighted by Crippen LogP contribution is 2.12. The Balaban J connectivity index is 2.61. The van der Waals surface area contributed by atoms with Crippen LogP contribution in [-0.4, -0.2) is 32.2 Å². The number of carbonyl (C=O) groups is 1. The number of hydrogen-bond donors (Lipinski definition) is 1. The highest BCUT2D eigenvalue weighted by Gasteiger charge is 2.16. The van der Waals surface area contributed by atoms with Crippen LogP contribution in [0.4, 0.5) is 5.95 Å². The normalized spacial score (nSPS) is 12.5. The average molecular weight is 214 g/mol. The number of amides is 1. The maximum atomic E-state index is 11.6. The van der Waals surface area contributed by atoms with Crippen molar-refractivity contribution in [3.05, 3.63) is 6.33 Å². The van der Waals surface area contributed by atoms with E-state index in [0.29, 0.717) is 5.95 Å². The molecule has 1 unspecified atom stereocenters. The number of nitrogens with one attached hydrogen (secondary N) is 1. The third kappa shape index (κ3) is 2.47. The zero-order valence-electron chi connectivity index (χ0n) is 8.52. The summed E-state index contributed by atoms with van der Waals surface area (Å²) in [7, 11) is 1.79. The van der Waals surface area contributed by atoms with Gasteiger partial charge < -0.3 is 4.57 Å². The van der Waals surface area contributed by atoms with Gasteiger partial charge in [0, 0.05) is 7.05 Å². The molecule has 5 nitrogen and oxygen atoms in total. The lowest BCUT2D eigenvalue weighted by Gasteiger charge is -2.10. The lowest BCUT2D eigenvalue weighted by Crippen LogP contribution is -2.25. The van der Waals surface area contributed by atoms with Gasteiger partial charge in [0.1, 0.15) is 6.33 Å². The third-order valence-corrected chi connectivity index (χ3v) is 3.01. The number of hydrogen-bond acceptors (Lipinski definition) is 4. The van der Waals surface area contributed by atoms with E-state index >= 15 is 0 Å². The number of carbonyl (C=O) groups excluding carboxylic acids is 1. The molecule has 1 heterocycles. The van der Waals surface area contributed by atoms with Gasteiger partial charge in [0.15, 0.2) is 0 Å². The Labute approximate surface area is 87.3 Å². The molecular formula is C8H14N4OS. The van der Waals surface area contributed by atoms with Crippen LogP contribution in [0.1, 0.15) is 13.3 Å². The lowest BCUT2D eigenvalue weighted by molar-refractivity contribution is -0.115. The quantitative estimate of drug-likeness (QED) is 0.808. The van der Waals surface area contributed by atoms with Gasteiger partial charge in [-0.1, -0.05) is 6.92 Å². The summed E-state index contributed by atoms with van der Waals surface area (Å²) in [4.78, 5) is 11.6. The predicted molar refractivity (Wildman–Crippen MR) is 57.2 cm³/mol. The summed E-state index contributed by atoms with van der Waals surface area (Å²) in [5, 5.41) is 10.2. The number of thioether (sulfide) groups is 1. The molecule has 14 heavy (non-hydrogen) atoms. The molecule has 1 aromatic rings. The van der Waals surface area contributed by atoms with Crippen LogP contribution in [0.2, 0.25) is 0 Å². The first-order valence-electron chi connectivity index (χ1n) is 4.36. The van der Waals surface area contributed by atoms with Gasteiger partial charge in [-0.2, -0.15) is 11.8 Å². The number of aromatic nitrogens is 3. The smallest absolute Gasteiger partial charge is 0.239 e. The average Bonchev–Trinajstić information content (AvgIpc) is 2.54. The summed E-state index contributed by atoms with van der Waals surface area (Å²) in [5.74, 6) is 0.471. The van der Waals surface area contributed by atoms with E-state index in [1.807, 2.05) is 13.2 Å². The fraction of sp³-hybridized carbons (Fsp3) is 0.625. The fourth-order valence-electron chi connectivity index (χ4n) is 1.05. The van der Waals surface area contributed by atoms with Gasteiger partial charge in [-0.3, -0.25) is 10.1 Å². The van der Waals surface area contributed by atoms with Crippen molar-refractivity contribution < 1.29 is 4.79 Å². The molecule has 0 bridgehead atoms. The van der Waals surface area contributed by atoms with E-state index in [1.165, 1.54) is 11.8 Å². The molecule has 1 rings (SSSR count). The Hall–Kier alpha value is -1.04. The van der Waals surface area contributed by atoms with E-state index in [0.717, 1.165) is 6.42 Å². The molecule has 78 valence electrons. The molecular weight excluding hydrogens is 200 g/mol. The van der Waals surface area contributed by atoms with E-state index in [-0.39, 0.29) is 11.2 Å². The van der Waals surface area contributed by atoms with Gasteiger partial charge in [0.2, 0.25) is 11.9 Å². The fourth-order valence-corrected chi connectivity index (χ4v) is 1.65. The van der Waals surface area contributed by atoms with Crippen molar-refractivity contribution in [3.63, 3.8) is 0 Å². The van der Waals surface area contributed by atoms with Gasteiger partial charge in [-0.05, 0) is 12.7 Å². The lowest BCUT2D eigenvalue weighted by atomic mass is 10.3. The van der Waals surface area contributed by atoms with E-state index < -0.39 is 0 Å². The highest BCUT2D eigenvalue weighted by atomic mass is 32.2. The van der Waals surface area contributed by atoms with Crippen LogP contribution in [0.5, 0.6) is 0 Å². The number of anilines is 1. The van der Waals surface area contributed by atoms with Crippen LogP contribution in [0.15, 0.2) is 6.33 Å². The van der Waals surface area contributed by atoms with Gasteiger partial charge in [0.25, 0.3) is 0 Å². The highest BCUT2D eigenvalue weighted by molar-refractivity contribution is 7.99. The molecule has 1 amide bonds. The second-order valence-corrected chi connectivity index (χ2v) is 3.93. The minimum atomic E-state index is -0.0216. The van der Waals surface area contributed by atoms with Crippen molar-refractivity contribution in [3.8, 4) is 0 Å². The summed E-state index contributed by atoms with van der Waals surface area (Å²) in [6, 6.07) is 0. The molecule has 0 aliphatic rings. The maximum absolute atomic E-state index is 11.6. The van der Waals surface area contributed by atoms with E-state index in [9.17, 15) is 4.79 Å². The summed E-state index contributed by atoms with van der Waals surface area (Å²) < 4.78 is 1.67. The van der Waals surface area contributed by atoms with Crippen LogP contribution < -0.4 is 5.32 Å². The monoisotopic (exact) mass is 214 g/mol. The first-order chi connectivity index (χ1) is 6.69. The molecule has 1 aromatic heterocycles. The van der Waals surface area contributed by atoms with Gasteiger partial charge in [-0.15, -0.1) is 10.2 Å². The summed E-state index contributed by atoms with van der Waals surface area (Å²) in [6.45, 7) is 1.98. The standard InChI is InChI=1S/C8H14N4OS/c1-4-6(14-3)7(13)10-8-11-9-5-12(8)2/h5-6H,4H2,1-3H3,(H,10,11,13). The van der Waals surface area contributed by atoms with Crippen LogP contribution in [0.25, 0.3) is 0 Å². The first kappa shape index (κ1) is 11.0. The Morgan fingerprint density at radius 3 is 2.93 bits per heavy atom. The minimum Gasteiger partial charge on any atom is -0.303 e. The number of rotatable bonds is 4. The first-order valence-corrected chi connectivity index (χ1v) is 5.65. The summed E-state index contributed by atoms with van der Waals surface area (Å²) in [6.07, 6.45) is 4.28. The molecule has 0 aliphatic carbocycles. The summed E-state index contributed by atoms with van der Waals surface area (Å²) in [5.41, 5.74) is 0. The second-order valence-electron chi connectivity index (χ2n) is 2.89. The Morgan fingerprint density at radius 2 is 2.50 bits per heavy atom. The Kier molecular flexibility index (Phi) is 3.94. The van der Waals surface area contributed by atoms with E-state index in [1.54, 1.807) is 17.9 Å². The van der Waals surface area contributed by atoms with Crippen LogP contribution in [0, 0.1) is 0 Å². The SMILES string of the molecule is CCC(SC)C(=O)Nc1nncn1C. The molecule has 0 aromatic carbocycles. The summed E-state index contributed by atoms with van der Waals surface area (Å²) >= 11 is 1.54. The molecule has 1 atom stereocenters. The van der Waals surface area contributed by atoms with Crippen molar-refractivity contribution in [2.24, 2.45) is 7.05 Å². The van der Waals surface area contributed by atoms with Gasteiger partial charge in [0.05, 0.1) is 5.25 Å². The zero-order valence-corrected chi connectivity index (χ0v) is 9.34. The topological polar surface area (TPSA) is 59.8 Å². The second kappa shape index (κ2) is 4.99. The van der Waals surface area contributed by atoms with Crippen molar-refractivity contribution in [2.75, 3.05) is 11.6 Å². The van der Waals surface area contributed by atoms with Crippen molar-refractivity contribution >= 4 is 23.6 Å². The largest absolute Gasteiger partial charge is 0.303 e.